The van der Waals surface area contributed by atoms with Crippen molar-refractivity contribution in [2.45, 2.75) is 31.3 Å². The summed E-state index contributed by atoms with van der Waals surface area (Å²) in [7, 11) is 1.48. The predicted octanol–water partition coefficient (Wildman–Crippen LogP) is 2.44. The lowest BCUT2D eigenvalue weighted by molar-refractivity contribution is -0.148. The molecule has 10 nitrogen and oxygen atoms in total. The van der Waals surface area contributed by atoms with Crippen LogP contribution in [0.5, 0.6) is 5.75 Å². The minimum Gasteiger partial charge on any atom is -0.497 e. The van der Waals surface area contributed by atoms with Crippen LogP contribution in [0, 0.1) is 0 Å². The van der Waals surface area contributed by atoms with Crippen LogP contribution in [0.25, 0.3) is 0 Å². The maximum atomic E-state index is 13.4. The Morgan fingerprint density at radius 1 is 1.08 bits per heavy atom. The van der Waals surface area contributed by atoms with Crippen molar-refractivity contribution in [1.82, 2.24) is 15.1 Å². The molecule has 0 fully saturated rings. The van der Waals surface area contributed by atoms with Crippen LogP contribution < -0.4 is 10.1 Å². The number of rotatable bonds is 10. The molecule has 13 heteroatoms. The minimum absolute atomic E-state index is 0.0426. The molecule has 1 aromatic heterocycles. The fourth-order valence-electron chi connectivity index (χ4n) is 3.59. The molecule has 37 heavy (non-hydrogen) atoms. The third-order valence-corrected chi connectivity index (χ3v) is 5.44. The molecular formula is C24H22F3N3O7. The predicted molar refractivity (Wildman–Crippen MR) is 121 cm³/mol. The number of methoxy groups -OCH3 is 1. The van der Waals surface area contributed by atoms with Gasteiger partial charge in [0.05, 0.1) is 25.3 Å². The molecule has 2 unspecified atom stereocenters. The van der Waals surface area contributed by atoms with Gasteiger partial charge in [0.1, 0.15) is 11.4 Å². The average molecular weight is 521 g/mol. The molecule has 0 saturated carbocycles. The molecule has 2 aromatic carbocycles. The van der Waals surface area contributed by atoms with E-state index in [0.717, 1.165) is 28.9 Å². The number of halogens is 3. The number of amides is 1. The number of aromatic carboxylic acids is 1. The number of carbonyl (C=O) groups excluding carboxylic acids is 1. The summed E-state index contributed by atoms with van der Waals surface area (Å²) >= 11 is 0. The number of carbonyl (C=O) groups is 3. The van der Waals surface area contributed by atoms with Crippen molar-refractivity contribution in [2.24, 2.45) is 0 Å². The Morgan fingerprint density at radius 2 is 1.73 bits per heavy atom. The van der Waals surface area contributed by atoms with E-state index in [1.807, 2.05) is 0 Å². The zero-order chi connectivity index (χ0) is 27.3. The highest BCUT2D eigenvalue weighted by Crippen LogP contribution is 2.32. The van der Waals surface area contributed by atoms with Gasteiger partial charge in [-0.25, -0.2) is 9.59 Å². The van der Waals surface area contributed by atoms with Crippen molar-refractivity contribution in [3.63, 3.8) is 0 Å². The summed E-state index contributed by atoms with van der Waals surface area (Å²) in [6, 6.07) is 10.2. The van der Waals surface area contributed by atoms with Crippen molar-refractivity contribution >= 4 is 17.8 Å². The third-order valence-electron chi connectivity index (χ3n) is 5.44. The normalized spacial score (nSPS) is 13.0. The largest absolute Gasteiger partial charge is 0.497 e. The first-order chi connectivity index (χ1) is 17.4. The van der Waals surface area contributed by atoms with Gasteiger partial charge in [0.2, 0.25) is 0 Å². The zero-order valence-corrected chi connectivity index (χ0v) is 19.3. The molecule has 3 aromatic rings. The molecule has 2 atom stereocenters. The van der Waals surface area contributed by atoms with E-state index >= 15 is 0 Å². The zero-order valence-electron chi connectivity index (χ0n) is 19.3. The molecule has 0 saturated heterocycles. The number of aliphatic hydroxyl groups is 1. The fourth-order valence-corrected chi connectivity index (χ4v) is 3.59. The first-order valence-electron chi connectivity index (χ1n) is 10.7. The molecule has 0 radical (unpaired) electrons. The maximum absolute atomic E-state index is 13.4. The van der Waals surface area contributed by atoms with Gasteiger partial charge in [-0.15, -0.1) is 0 Å². The summed E-state index contributed by atoms with van der Waals surface area (Å²) < 4.78 is 46.3. The molecule has 0 bridgehead atoms. The number of aliphatic carboxylic acids is 1. The van der Waals surface area contributed by atoms with Crippen LogP contribution in [0.15, 0.2) is 54.6 Å². The summed E-state index contributed by atoms with van der Waals surface area (Å²) in [6.07, 6.45) is -7.69. The molecule has 0 aliphatic carbocycles. The molecule has 1 heterocycles. The summed E-state index contributed by atoms with van der Waals surface area (Å²) in [5.41, 5.74) is -1.57. The van der Waals surface area contributed by atoms with Gasteiger partial charge < -0.3 is 25.4 Å². The maximum Gasteiger partial charge on any atom is 0.416 e. The van der Waals surface area contributed by atoms with Crippen LogP contribution in [0.4, 0.5) is 13.2 Å². The number of ether oxygens (including phenoxy) is 1. The Kier molecular flexibility index (Phi) is 8.17. The van der Waals surface area contributed by atoms with Crippen LogP contribution in [0.3, 0.4) is 0 Å². The summed E-state index contributed by atoms with van der Waals surface area (Å²) in [5, 5.41) is 35.0. The number of carboxylic acids is 2. The van der Waals surface area contributed by atoms with Crippen molar-refractivity contribution in [2.75, 3.05) is 7.11 Å². The average Bonchev–Trinajstić information content (AvgIpc) is 3.27. The van der Waals surface area contributed by atoms with E-state index in [4.69, 9.17) is 4.74 Å². The Hall–Kier alpha value is -4.39. The first kappa shape index (κ1) is 27.2. The second-order valence-corrected chi connectivity index (χ2v) is 7.95. The van der Waals surface area contributed by atoms with Gasteiger partial charge in [0, 0.05) is 6.07 Å². The number of hydrogen-bond acceptors (Lipinski definition) is 6. The lowest BCUT2D eigenvalue weighted by Gasteiger charge is -2.23. The Morgan fingerprint density at radius 3 is 2.30 bits per heavy atom. The summed E-state index contributed by atoms with van der Waals surface area (Å²) in [5.74, 6) is -3.68. The van der Waals surface area contributed by atoms with Crippen molar-refractivity contribution < 1.29 is 47.6 Å². The van der Waals surface area contributed by atoms with Crippen molar-refractivity contribution in [3.8, 4) is 5.75 Å². The van der Waals surface area contributed by atoms with Gasteiger partial charge in [-0.05, 0) is 35.7 Å². The van der Waals surface area contributed by atoms with E-state index in [1.54, 1.807) is 24.3 Å². The standard InChI is InChI=1S/C24H22F3N3O7/c1-37-15-8-6-13(7-9-15)12-30-19(22(33)34)11-18(29-30)21(32)28-17(20(31)23(35)36)10-14-4-2-3-5-16(14)24(25,26)27/h2-9,11,17,20,31H,10,12H2,1H3,(H,28,32)(H,33,34)(H,35,36). The number of alkyl halides is 3. The second kappa shape index (κ2) is 11.1. The lowest BCUT2D eigenvalue weighted by atomic mass is 9.96. The number of aliphatic hydroxyl groups excluding tert-OH is 1. The molecule has 0 aliphatic rings. The molecule has 0 aliphatic heterocycles. The number of benzene rings is 2. The quantitative estimate of drug-likeness (QED) is 0.318. The minimum atomic E-state index is -4.75. The smallest absolute Gasteiger partial charge is 0.416 e. The van der Waals surface area contributed by atoms with E-state index < -0.39 is 53.8 Å². The van der Waals surface area contributed by atoms with Gasteiger partial charge in [0.25, 0.3) is 5.91 Å². The van der Waals surface area contributed by atoms with Crippen LogP contribution in [0.2, 0.25) is 0 Å². The third kappa shape index (κ3) is 6.64. The highest BCUT2D eigenvalue weighted by atomic mass is 19.4. The van der Waals surface area contributed by atoms with E-state index in [9.17, 15) is 42.9 Å². The topological polar surface area (TPSA) is 151 Å². The molecule has 196 valence electrons. The summed E-state index contributed by atoms with van der Waals surface area (Å²) in [6.45, 7) is -0.0426. The van der Waals surface area contributed by atoms with Crippen molar-refractivity contribution in [1.29, 1.82) is 0 Å². The molecule has 1 amide bonds. The van der Waals surface area contributed by atoms with Gasteiger partial charge in [-0.2, -0.15) is 18.3 Å². The highest BCUT2D eigenvalue weighted by Gasteiger charge is 2.36. The van der Waals surface area contributed by atoms with Gasteiger partial charge in [-0.1, -0.05) is 30.3 Å². The van der Waals surface area contributed by atoms with Gasteiger partial charge in [0.15, 0.2) is 11.8 Å². The van der Waals surface area contributed by atoms with E-state index in [2.05, 4.69) is 10.4 Å². The monoisotopic (exact) mass is 521 g/mol. The Bertz CT molecular complexity index is 1290. The number of carboxylic acid groups (broad SMARTS) is 2. The van der Waals surface area contributed by atoms with E-state index in [1.165, 1.54) is 13.2 Å². The van der Waals surface area contributed by atoms with Gasteiger partial charge >= 0.3 is 18.1 Å². The van der Waals surface area contributed by atoms with Crippen LogP contribution >= 0.6 is 0 Å². The van der Waals surface area contributed by atoms with Crippen LogP contribution in [-0.4, -0.2) is 62.2 Å². The van der Waals surface area contributed by atoms with E-state index in [-0.39, 0.29) is 17.8 Å². The lowest BCUT2D eigenvalue weighted by Crippen LogP contribution is -2.48. The molecule has 4 N–H and O–H groups in total. The van der Waals surface area contributed by atoms with Crippen LogP contribution in [-0.2, 0) is 23.9 Å². The fraction of sp³-hybridized carbons (Fsp3) is 0.250. The SMILES string of the molecule is COc1ccc(Cn2nc(C(=O)NC(Cc3ccccc3C(F)(F)F)C(O)C(=O)O)cc2C(=O)O)cc1. The number of nitrogens with one attached hydrogen (secondary N) is 1. The number of hydrogen-bond donors (Lipinski definition) is 4. The van der Waals surface area contributed by atoms with E-state index in [0.29, 0.717) is 11.3 Å². The van der Waals surface area contributed by atoms with Crippen molar-refractivity contribution in [3.05, 3.63) is 82.7 Å². The highest BCUT2D eigenvalue weighted by molar-refractivity contribution is 5.96. The number of aromatic nitrogens is 2. The first-order valence-corrected chi connectivity index (χ1v) is 10.7. The molecule has 3 rings (SSSR count). The Balaban J connectivity index is 1.88. The molecular weight excluding hydrogens is 499 g/mol. The molecule has 0 spiro atoms. The second-order valence-electron chi connectivity index (χ2n) is 7.95. The summed E-state index contributed by atoms with van der Waals surface area (Å²) in [4.78, 5) is 36.0. The van der Waals surface area contributed by atoms with Crippen LogP contribution in [0.1, 0.15) is 37.7 Å². The Labute approximate surface area is 207 Å². The van der Waals surface area contributed by atoms with Gasteiger partial charge in [-0.3, -0.25) is 9.48 Å². The number of nitrogens with zero attached hydrogens (tertiary/aromatic N) is 2.